The average molecular weight is 428 g/mol. The molecule has 0 N–H and O–H groups in total. The molecule has 0 saturated carbocycles. The van der Waals surface area contributed by atoms with Crippen molar-refractivity contribution in [2.24, 2.45) is 0 Å². The van der Waals surface area contributed by atoms with Gasteiger partial charge in [0.25, 0.3) is 0 Å². The van der Waals surface area contributed by atoms with E-state index in [4.69, 9.17) is 14.2 Å². The van der Waals surface area contributed by atoms with Crippen LogP contribution in [0.5, 0.6) is 17.2 Å². The van der Waals surface area contributed by atoms with Gasteiger partial charge in [0.15, 0.2) is 0 Å². The lowest BCUT2D eigenvalue weighted by molar-refractivity contribution is -0.140. The number of unbranched alkanes of at least 4 members (excludes halogenated alkanes) is 1. The molecule has 0 fully saturated rings. The number of hydrogen-bond acceptors (Lipinski definition) is 7. The Hall–Kier alpha value is -3.94. The molecule has 0 saturated heterocycles. The van der Waals surface area contributed by atoms with Crippen molar-refractivity contribution in [3.05, 3.63) is 79.2 Å². The van der Waals surface area contributed by atoms with Gasteiger partial charge in [-0.15, -0.1) is 0 Å². The Labute approximate surface area is 178 Å². The molecular weight excluding hydrogens is 407 g/mol. The molecular formula is C23H21FO7. The van der Waals surface area contributed by atoms with Crippen LogP contribution in [0.1, 0.15) is 23.2 Å². The number of esters is 3. The molecule has 0 radical (unpaired) electrons. The normalized spacial score (nSPS) is 9.97. The van der Waals surface area contributed by atoms with E-state index < -0.39 is 23.7 Å². The second-order valence-corrected chi connectivity index (χ2v) is 6.11. The zero-order valence-corrected chi connectivity index (χ0v) is 16.7. The second-order valence-electron chi connectivity index (χ2n) is 6.11. The highest BCUT2D eigenvalue weighted by atomic mass is 19.1. The Kier molecular flexibility index (Phi) is 8.97. The number of carbonyl (C=O) groups excluding carboxylic acids is 3. The van der Waals surface area contributed by atoms with Crippen molar-refractivity contribution in [3.8, 4) is 17.2 Å². The van der Waals surface area contributed by atoms with Gasteiger partial charge in [-0.1, -0.05) is 13.2 Å². The molecule has 0 aliphatic rings. The maximum atomic E-state index is 12.4. The third kappa shape index (κ3) is 8.14. The van der Waals surface area contributed by atoms with E-state index in [0.717, 1.165) is 6.08 Å². The largest absolute Gasteiger partial charge is 0.494 e. The first kappa shape index (κ1) is 23.3. The van der Waals surface area contributed by atoms with Crippen molar-refractivity contribution in [2.45, 2.75) is 12.8 Å². The van der Waals surface area contributed by atoms with Gasteiger partial charge in [-0.2, -0.15) is 4.39 Å². The molecule has 31 heavy (non-hydrogen) atoms. The first-order valence-electron chi connectivity index (χ1n) is 9.30. The minimum absolute atomic E-state index is 0.0770. The zero-order chi connectivity index (χ0) is 22.6. The molecule has 0 bridgehead atoms. The predicted octanol–water partition coefficient (Wildman–Crippen LogP) is 4.18. The molecule has 2 aromatic rings. The van der Waals surface area contributed by atoms with Gasteiger partial charge in [-0.3, -0.25) is 0 Å². The lowest BCUT2D eigenvalue weighted by Crippen LogP contribution is -2.09. The molecule has 8 heteroatoms. The van der Waals surface area contributed by atoms with E-state index in [-0.39, 0.29) is 6.61 Å². The van der Waals surface area contributed by atoms with E-state index in [1.165, 1.54) is 24.3 Å². The number of hydrogen-bond donors (Lipinski definition) is 0. The van der Waals surface area contributed by atoms with Gasteiger partial charge in [0, 0.05) is 6.08 Å². The number of benzene rings is 2. The summed E-state index contributed by atoms with van der Waals surface area (Å²) in [5, 5.41) is 0. The Morgan fingerprint density at radius 2 is 1.39 bits per heavy atom. The molecule has 2 rings (SSSR count). The fourth-order valence-corrected chi connectivity index (χ4v) is 2.22. The molecule has 162 valence electrons. The number of carbonyl (C=O) groups is 3. The van der Waals surface area contributed by atoms with E-state index in [0.29, 0.717) is 42.3 Å². The van der Waals surface area contributed by atoms with Crippen LogP contribution in [0.25, 0.3) is 0 Å². The van der Waals surface area contributed by atoms with Gasteiger partial charge in [0.05, 0.1) is 18.8 Å². The number of rotatable bonds is 11. The Morgan fingerprint density at radius 3 is 1.97 bits per heavy atom. The highest BCUT2D eigenvalue weighted by molar-refractivity contribution is 5.91. The maximum Gasteiger partial charge on any atom is 0.366 e. The van der Waals surface area contributed by atoms with E-state index in [9.17, 15) is 18.8 Å². The standard InChI is InChI=1S/C23H21FO7/c1-3-21(25)30-19-10-12-20(13-11-19)31-23(27)17-6-8-18(9-7-17)28-14-4-5-15-29-22(26)16(2)24/h3,6-13H,1-2,4-5,14-15H2. The fraction of sp³-hybridized carbons (Fsp3) is 0.174. The minimum atomic E-state index is -1.12. The van der Waals surface area contributed by atoms with Crippen LogP contribution in [0.2, 0.25) is 0 Å². The Morgan fingerprint density at radius 1 is 0.839 bits per heavy atom. The van der Waals surface area contributed by atoms with Crippen molar-refractivity contribution in [2.75, 3.05) is 13.2 Å². The summed E-state index contributed by atoms with van der Waals surface area (Å²) >= 11 is 0. The SMILES string of the molecule is C=CC(=O)Oc1ccc(OC(=O)c2ccc(OCCCCOC(=O)C(=C)F)cc2)cc1. The summed E-state index contributed by atoms with van der Waals surface area (Å²) in [6.45, 7) is 6.60. The summed E-state index contributed by atoms with van der Waals surface area (Å²) in [5.74, 6) is -2.18. The molecule has 0 aliphatic heterocycles. The third-order valence-corrected chi connectivity index (χ3v) is 3.77. The molecule has 7 nitrogen and oxygen atoms in total. The lowest BCUT2D eigenvalue weighted by atomic mass is 10.2. The summed E-state index contributed by atoms with van der Waals surface area (Å²) < 4.78 is 32.8. The van der Waals surface area contributed by atoms with E-state index >= 15 is 0 Å². The highest BCUT2D eigenvalue weighted by Gasteiger charge is 2.10. The van der Waals surface area contributed by atoms with Crippen molar-refractivity contribution < 1.29 is 37.7 Å². The molecule has 0 aliphatic carbocycles. The van der Waals surface area contributed by atoms with Gasteiger partial charge >= 0.3 is 17.9 Å². The van der Waals surface area contributed by atoms with Gasteiger partial charge in [0.1, 0.15) is 17.2 Å². The van der Waals surface area contributed by atoms with Crippen molar-refractivity contribution in [3.63, 3.8) is 0 Å². The van der Waals surface area contributed by atoms with Crippen LogP contribution in [-0.2, 0) is 14.3 Å². The smallest absolute Gasteiger partial charge is 0.366 e. The van der Waals surface area contributed by atoms with Crippen LogP contribution in [-0.4, -0.2) is 31.1 Å². The first-order chi connectivity index (χ1) is 14.9. The zero-order valence-electron chi connectivity index (χ0n) is 16.7. The second kappa shape index (κ2) is 11.9. The first-order valence-corrected chi connectivity index (χ1v) is 9.30. The Bertz CT molecular complexity index is 933. The van der Waals surface area contributed by atoms with Crippen molar-refractivity contribution in [1.29, 1.82) is 0 Å². The van der Waals surface area contributed by atoms with Gasteiger partial charge < -0.3 is 18.9 Å². The topological polar surface area (TPSA) is 88.1 Å². The summed E-state index contributed by atoms with van der Waals surface area (Å²) in [7, 11) is 0. The van der Waals surface area contributed by atoms with Gasteiger partial charge in [0.2, 0.25) is 5.83 Å². The van der Waals surface area contributed by atoms with Crippen LogP contribution in [0.3, 0.4) is 0 Å². The van der Waals surface area contributed by atoms with Crippen molar-refractivity contribution >= 4 is 17.9 Å². The van der Waals surface area contributed by atoms with E-state index in [1.807, 2.05) is 0 Å². The Balaban J connectivity index is 1.75. The lowest BCUT2D eigenvalue weighted by Gasteiger charge is -2.08. The molecule has 0 heterocycles. The summed E-state index contributed by atoms with van der Waals surface area (Å²) in [5.41, 5.74) is 0.327. The van der Waals surface area contributed by atoms with Crippen LogP contribution in [0, 0.1) is 0 Å². The minimum Gasteiger partial charge on any atom is -0.494 e. The molecule has 0 amide bonds. The monoisotopic (exact) mass is 428 g/mol. The summed E-state index contributed by atoms with van der Waals surface area (Å²) in [6, 6.07) is 12.4. The van der Waals surface area contributed by atoms with Gasteiger partial charge in [-0.05, 0) is 61.4 Å². The predicted molar refractivity (Wildman–Crippen MR) is 110 cm³/mol. The van der Waals surface area contributed by atoms with Crippen LogP contribution < -0.4 is 14.2 Å². The van der Waals surface area contributed by atoms with E-state index in [1.54, 1.807) is 24.3 Å². The average Bonchev–Trinajstić information content (AvgIpc) is 2.77. The molecule has 0 unspecified atom stereocenters. The molecule has 2 aromatic carbocycles. The van der Waals surface area contributed by atoms with Crippen molar-refractivity contribution in [1.82, 2.24) is 0 Å². The fourth-order valence-electron chi connectivity index (χ4n) is 2.22. The number of ether oxygens (including phenoxy) is 4. The van der Waals surface area contributed by atoms with E-state index in [2.05, 4.69) is 17.9 Å². The van der Waals surface area contributed by atoms with Crippen LogP contribution >= 0.6 is 0 Å². The molecule has 0 atom stereocenters. The highest BCUT2D eigenvalue weighted by Crippen LogP contribution is 2.20. The summed E-state index contributed by atoms with van der Waals surface area (Å²) in [4.78, 5) is 34.3. The quantitative estimate of drug-likeness (QED) is 0.230. The molecule has 0 aromatic heterocycles. The number of halogens is 1. The third-order valence-electron chi connectivity index (χ3n) is 3.77. The summed E-state index contributed by atoms with van der Waals surface area (Å²) in [6.07, 6.45) is 2.15. The van der Waals surface area contributed by atoms with Crippen LogP contribution in [0.4, 0.5) is 4.39 Å². The maximum absolute atomic E-state index is 12.4. The molecule has 0 spiro atoms. The van der Waals surface area contributed by atoms with Gasteiger partial charge in [-0.25, -0.2) is 14.4 Å². The van der Waals surface area contributed by atoms with Crippen LogP contribution in [0.15, 0.2) is 73.6 Å².